The molecule has 6 heteroatoms. The van der Waals surface area contributed by atoms with Gasteiger partial charge < -0.3 is 0 Å². The van der Waals surface area contributed by atoms with E-state index in [1.165, 1.54) is 34.9 Å². The molecule has 0 fully saturated rings. The summed E-state index contributed by atoms with van der Waals surface area (Å²) in [5.74, 6) is 0. The van der Waals surface area contributed by atoms with E-state index in [1.807, 2.05) is 37.3 Å². The topological polar surface area (TPSA) is 12.9 Å². The molecule has 1 unspecified atom stereocenters. The number of halogens is 4. The van der Waals surface area contributed by atoms with Crippen LogP contribution in [0, 0.1) is 13.8 Å². The minimum absolute atomic E-state index is 0. The van der Waals surface area contributed by atoms with E-state index in [4.69, 9.17) is 1.19 Å². The Hall–Kier alpha value is 1.72. The Morgan fingerprint density at radius 2 is 1.42 bits per heavy atom. The van der Waals surface area contributed by atoms with Gasteiger partial charge in [0.1, 0.15) is 0.594 Å². The number of hydrogen-bond donors (Lipinski definition) is 0. The van der Waals surface area contributed by atoms with E-state index in [0.29, 0.717) is 0 Å². The van der Waals surface area contributed by atoms with Crippen LogP contribution < -0.4 is 42.4 Å². The van der Waals surface area contributed by atoms with Crippen LogP contribution in [0.4, 0.5) is 0 Å². The third-order valence-electron chi connectivity index (χ3n) is 1.79. The van der Waals surface area contributed by atoms with Gasteiger partial charge in [0, 0.05) is 12.4 Å². The Morgan fingerprint density at radius 3 is 1.63 bits per heavy atom. The first-order valence-electron chi connectivity index (χ1n) is 5.57. The van der Waals surface area contributed by atoms with E-state index in [1.54, 1.807) is 12.4 Å². The van der Waals surface area contributed by atoms with Crippen molar-refractivity contribution in [1.82, 2.24) is 4.98 Å². The maximum atomic E-state index is 6.30. The fourth-order valence-corrected chi connectivity index (χ4v) is 0.961. The Balaban J connectivity index is -0.0000000989. The molecule has 1 nitrogen and oxygen atoms in total. The first-order valence-corrected chi connectivity index (χ1v) is 11.1. The molecular formula is C13H22I4NP. The molecule has 0 N–H and O–H groups in total. The number of benzene rings is 1. The molecule has 2 rings (SSSR count). The zero-order valence-corrected chi connectivity index (χ0v) is 21.4. The van der Waals surface area contributed by atoms with Gasteiger partial charge in [0.25, 0.3) is 0 Å². The molecule has 0 saturated carbocycles. The summed E-state index contributed by atoms with van der Waals surface area (Å²) in [5, 5.41) is 0. The van der Waals surface area contributed by atoms with Crippen LogP contribution in [-0.4, -0.2) is 6.17 Å². The summed E-state index contributed by atoms with van der Waals surface area (Å²) in [7, 11) is 0. The van der Waals surface area contributed by atoms with E-state index in [0.717, 1.165) is 0 Å². The van der Waals surface area contributed by atoms with E-state index < -0.39 is 0 Å². The molecule has 0 saturated heterocycles. The third-order valence-corrected chi connectivity index (χ3v) is 1.79. The molecule has 0 spiro atoms. The molecule has 1 heterocycles. The summed E-state index contributed by atoms with van der Waals surface area (Å²) in [6.07, 6.45) is 3.57. The van der Waals surface area contributed by atoms with Crippen LogP contribution in [0.1, 0.15) is 11.1 Å². The first-order chi connectivity index (χ1) is 9.20. The largest absolute Gasteiger partial charge is 0.235 e. The number of rotatable bonds is 0. The number of aromatic nitrogens is 1. The van der Waals surface area contributed by atoms with E-state index in [-0.39, 0.29) is 52.3 Å². The molecular weight excluding hydrogens is 709 g/mol. The number of pyridine rings is 1. The third kappa shape index (κ3) is 19.7. The van der Waals surface area contributed by atoms with Crippen molar-refractivity contribution >= 4 is 52.3 Å². The molecule has 2 aromatic rings. The van der Waals surface area contributed by atoms with Crippen LogP contribution in [-0.2, 0) is 0 Å². The molecule has 19 heavy (non-hydrogen) atoms. The van der Waals surface area contributed by atoms with Gasteiger partial charge in [-0.05, 0) is 31.5 Å². The van der Waals surface area contributed by atoms with Crippen molar-refractivity contribution in [1.29, 1.82) is 1.19 Å². The Morgan fingerprint density at radius 1 is 1.05 bits per heavy atom. The predicted molar refractivity (Wildman–Crippen MR) is 105 cm³/mol. The van der Waals surface area contributed by atoms with Gasteiger partial charge in [0.15, 0.2) is 0 Å². The zero-order chi connectivity index (χ0) is 14.9. The summed E-state index contributed by atoms with van der Waals surface area (Å²) >= 11 is 3.28. The summed E-state index contributed by atoms with van der Waals surface area (Å²) in [6, 6.07) is 14.2. The van der Waals surface area contributed by atoms with Gasteiger partial charge in [-0.3, -0.25) is 4.98 Å². The Kier molecular flexibility index (Phi) is 26.6. The number of nitrogens with zero attached hydrogens (tertiary/aromatic N) is 1. The van der Waals surface area contributed by atoms with Gasteiger partial charge in [-0.15, -0.1) is 23.8 Å². The van der Waals surface area contributed by atoms with Crippen LogP contribution in [0.2, 0.25) is 0 Å². The standard InChI is InChI=1S/C7H8.C6H7N.HI2.H2I.HI.H3P/c1-7-5-3-2-4-6-7;1-6-2-4-7-5-3-6;1-2;;;/h2-6H,1H3;2-5H,1H3;1H;1H2;1H;1H3/q;;-1;+1;;/i;;1D;;;/hD. The van der Waals surface area contributed by atoms with Crippen molar-refractivity contribution in [3.05, 3.63) is 66.0 Å². The fourth-order valence-electron chi connectivity index (χ4n) is 0.961. The van der Waals surface area contributed by atoms with Crippen molar-refractivity contribution in [2.24, 2.45) is 0 Å². The molecule has 0 amide bonds. The van der Waals surface area contributed by atoms with Crippen LogP contribution in [0.15, 0.2) is 54.9 Å². The molecule has 1 atom stereocenters. The van der Waals surface area contributed by atoms with Crippen LogP contribution >= 0.6 is 52.3 Å². The van der Waals surface area contributed by atoms with Gasteiger partial charge in [-0.2, -0.15) is 9.90 Å². The molecule has 0 bridgehead atoms. The average molecular weight is 733 g/mol. The molecule has 1 aromatic heterocycles. The molecule has 1 aromatic carbocycles. The fraction of sp³-hybridized carbons (Fsp3) is 0.154. The van der Waals surface area contributed by atoms with Gasteiger partial charge in [0.2, 0.25) is 24.0 Å². The van der Waals surface area contributed by atoms with Crippen molar-refractivity contribution < 1.29 is 42.4 Å². The second-order valence-corrected chi connectivity index (χ2v) is 3.18. The molecule has 0 aliphatic heterocycles. The van der Waals surface area contributed by atoms with E-state index >= 15 is 0 Å². The summed E-state index contributed by atoms with van der Waals surface area (Å²) < 4.78 is 12.0. The predicted octanol–water partition coefficient (Wildman–Crippen LogP) is -1.85. The smallest absolute Gasteiger partial charge is 0.235 e. The van der Waals surface area contributed by atoms with Crippen LogP contribution in [0.5, 0.6) is 0 Å². The number of aryl methyl sites for hydroxylation is 2. The van der Waals surface area contributed by atoms with E-state index in [2.05, 4.69) is 42.7 Å². The van der Waals surface area contributed by atoms with E-state index in [9.17, 15) is 0 Å². The van der Waals surface area contributed by atoms with Crippen molar-refractivity contribution in [3.8, 4) is 0 Å². The van der Waals surface area contributed by atoms with Crippen LogP contribution in [0.3, 0.4) is 0 Å². The minimum atomic E-state index is -0.190. The molecule has 0 aliphatic carbocycles. The van der Waals surface area contributed by atoms with Gasteiger partial charge in [0.05, 0.1) is 0 Å². The normalized spacial score (nSPS) is 8.00. The van der Waals surface area contributed by atoms with Crippen LogP contribution in [0.25, 0.3) is 0 Å². The zero-order valence-electron chi connectivity index (χ0n) is 12.9. The molecule has 112 valence electrons. The quantitative estimate of drug-likeness (QED) is 0.230. The second-order valence-electron chi connectivity index (χ2n) is 3.18. The average Bonchev–Trinajstić information content (AvgIpc) is 2.44. The first kappa shape index (κ1) is 23.0. The Bertz CT molecular complexity index is 345. The number of hydrogen-bond acceptors (Lipinski definition) is 1. The van der Waals surface area contributed by atoms with Crippen molar-refractivity contribution in [2.75, 3.05) is 0 Å². The van der Waals surface area contributed by atoms with Crippen molar-refractivity contribution in [2.45, 2.75) is 13.8 Å². The minimum Gasteiger partial charge on any atom is 0.235 e. The summed E-state index contributed by atoms with van der Waals surface area (Å²) in [4.78, 5) is 3.85. The SMILES string of the molecule is Cc1ccccc1.Cc1ccncc1.P.[2H]I.[2H][I-]I.[IH2+]. The summed E-state index contributed by atoms with van der Waals surface area (Å²) in [5.41, 5.74) is 2.58. The maximum Gasteiger partial charge on any atom is 0.235 e. The maximum absolute atomic E-state index is 6.30. The summed E-state index contributed by atoms with van der Waals surface area (Å²) in [6.45, 7) is 4.13. The van der Waals surface area contributed by atoms with Gasteiger partial charge >= 0.3 is 37.6 Å². The van der Waals surface area contributed by atoms with Crippen molar-refractivity contribution in [3.63, 3.8) is 0 Å². The molecule has 0 aliphatic rings. The van der Waals surface area contributed by atoms with Gasteiger partial charge in [-0.1, -0.05) is 35.9 Å². The van der Waals surface area contributed by atoms with Gasteiger partial charge in [-0.25, -0.2) is 0 Å². The Labute approximate surface area is 178 Å². The molecule has 0 radical (unpaired) electrons. The second kappa shape index (κ2) is 22.0. The monoisotopic (exact) mass is 733 g/mol.